The van der Waals surface area contributed by atoms with E-state index < -0.39 is 0 Å². The molecule has 0 bridgehead atoms. The van der Waals surface area contributed by atoms with E-state index >= 15 is 0 Å². The number of rotatable bonds is 6. The SMILES string of the molecule is O=C(NCc1ccccc1)N(CCN1CCOCC1)C1CCCNC1. The van der Waals surface area contributed by atoms with Crippen LogP contribution in [0.25, 0.3) is 0 Å². The quantitative estimate of drug-likeness (QED) is 0.815. The van der Waals surface area contributed by atoms with E-state index in [-0.39, 0.29) is 12.1 Å². The van der Waals surface area contributed by atoms with Gasteiger partial charge in [0.05, 0.1) is 13.2 Å². The van der Waals surface area contributed by atoms with Crippen molar-refractivity contribution in [2.75, 3.05) is 52.5 Å². The Morgan fingerprint density at radius 3 is 2.80 bits per heavy atom. The molecule has 2 aliphatic rings. The molecule has 138 valence electrons. The fourth-order valence-corrected chi connectivity index (χ4v) is 3.50. The molecule has 1 unspecified atom stereocenters. The Hall–Kier alpha value is -1.63. The second-order valence-corrected chi connectivity index (χ2v) is 6.79. The van der Waals surface area contributed by atoms with Crippen molar-refractivity contribution < 1.29 is 9.53 Å². The van der Waals surface area contributed by atoms with Crippen molar-refractivity contribution in [1.82, 2.24) is 20.4 Å². The summed E-state index contributed by atoms with van der Waals surface area (Å²) < 4.78 is 5.41. The van der Waals surface area contributed by atoms with Crippen LogP contribution >= 0.6 is 0 Å². The number of amides is 2. The van der Waals surface area contributed by atoms with Crippen LogP contribution in [0.3, 0.4) is 0 Å². The average molecular weight is 346 g/mol. The monoisotopic (exact) mass is 346 g/mol. The van der Waals surface area contributed by atoms with E-state index in [4.69, 9.17) is 4.74 Å². The summed E-state index contributed by atoms with van der Waals surface area (Å²) in [5.74, 6) is 0. The van der Waals surface area contributed by atoms with Gasteiger partial charge >= 0.3 is 6.03 Å². The fourth-order valence-electron chi connectivity index (χ4n) is 3.50. The van der Waals surface area contributed by atoms with Gasteiger partial charge in [-0.05, 0) is 24.9 Å². The smallest absolute Gasteiger partial charge is 0.318 e. The number of urea groups is 1. The number of carbonyl (C=O) groups is 1. The lowest BCUT2D eigenvalue weighted by molar-refractivity contribution is 0.0327. The van der Waals surface area contributed by atoms with Crippen LogP contribution in [0.1, 0.15) is 18.4 Å². The summed E-state index contributed by atoms with van der Waals surface area (Å²) in [5, 5.41) is 6.53. The van der Waals surface area contributed by atoms with Gasteiger partial charge in [-0.1, -0.05) is 30.3 Å². The van der Waals surface area contributed by atoms with Crippen LogP contribution in [-0.2, 0) is 11.3 Å². The number of carbonyl (C=O) groups excluding carboxylic acids is 1. The third-order valence-electron chi connectivity index (χ3n) is 5.02. The molecule has 0 radical (unpaired) electrons. The zero-order valence-corrected chi connectivity index (χ0v) is 15.0. The zero-order valence-electron chi connectivity index (χ0n) is 15.0. The van der Waals surface area contributed by atoms with Crippen LogP contribution in [-0.4, -0.2) is 74.4 Å². The largest absolute Gasteiger partial charge is 0.379 e. The van der Waals surface area contributed by atoms with Crippen LogP contribution < -0.4 is 10.6 Å². The molecule has 2 heterocycles. The zero-order chi connectivity index (χ0) is 17.3. The molecule has 2 fully saturated rings. The summed E-state index contributed by atoms with van der Waals surface area (Å²) in [6, 6.07) is 10.4. The second kappa shape index (κ2) is 9.75. The van der Waals surface area contributed by atoms with E-state index in [9.17, 15) is 4.79 Å². The first-order chi connectivity index (χ1) is 12.3. The van der Waals surface area contributed by atoms with Gasteiger partial charge in [-0.2, -0.15) is 0 Å². The van der Waals surface area contributed by atoms with Crippen molar-refractivity contribution in [3.05, 3.63) is 35.9 Å². The van der Waals surface area contributed by atoms with Gasteiger partial charge < -0.3 is 20.3 Å². The second-order valence-electron chi connectivity index (χ2n) is 6.79. The van der Waals surface area contributed by atoms with Crippen molar-refractivity contribution in [2.45, 2.75) is 25.4 Å². The Morgan fingerprint density at radius 1 is 1.28 bits per heavy atom. The first-order valence-corrected chi connectivity index (χ1v) is 9.42. The topological polar surface area (TPSA) is 56.8 Å². The molecule has 1 aromatic carbocycles. The molecular weight excluding hydrogens is 316 g/mol. The number of hydrogen-bond acceptors (Lipinski definition) is 4. The fraction of sp³-hybridized carbons (Fsp3) is 0.632. The molecule has 25 heavy (non-hydrogen) atoms. The highest BCUT2D eigenvalue weighted by molar-refractivity contribution is 5.74. The number of morpholine rings is 1. The van der Waals surface area contributed by atoms with Crippen molar-refractivity contribution in [1.29, 1.82) is 0 Å². The van der Waals surface area contributed by atoms with Gasteiger partial charge in [-0.3, -0.25) is 4.90 Å². The number of nitrogens with one attached hydrogen (secondary N) is 2. The predicted octanol–water partition coefficient (Wildman–Crippen LogP) is 1.28. The van der Waals surface area contributed by atoms with Crippen molar-refractivity contribution in [3.63, 3.8) is 0 Å². The highest BCUT2D eigenvalue weighted by Crippen LogP contribution is 2.12. The summed E-state index contributed by atoms with van der Waals surface area (Å²) >= 11 is 0. The number of piperidine rings is 1. The molecule has 2 aliphatic heterocycles. The molecule has 3 rings (SSSR count). The normalized spacial score (nSPS) is 21.7. The predicted molar refractivity (Wildman–Crippen MR) is 98.5 cm³/mol. The standard InChI is InChI=1S/C19H30N4O2/c24-19(21-15-17-5-2-1-3-6-17)23(18-7-4-8-20-16-18)10-9-22-11-13-25-14-12-22/h1-3,5-6,18,20H,4,7-16H2,(H,21,24). The third kappa shape index (κ3) is 5.70. The number of nitrogens with zero attached hydrogens (tertiary/aromatic N) is 2. The van der Waals surface area contributed by atoms with E-state index in [2.05, 4.69) is 15.5 Å². The lowest BCUT2D eigenvalue weighted by Gasteiger charge is -2.36. The van der Waals surface area contributed by atoms with Crippen LogP contribution in [0, 0.1) is 0 Å². The molecule has 0 saturated carbocycles. The summed E-state index contributed by atoms with van der Waals surface area (Å²) in [4.78, 5) is 17.3. The van der Waals surface area contributed by atoms with Gasteiger partial charge in [0.15, 0.2) is 0 Å². The maximum Gasteiger partial charge on any atom is 0.318 e. The Labute approximate surface area is 150 Å². The van der Waals surface area contributed by atoms with E-state index in [1.165, 1.54) is 0 Å². The van der Waals surface area contributed by atoms with Gasteiger partial charge in [0.1, 0.15) is 0 Å². The number of benzene rings is 1. The van der Waals surface area contributed by atoms with Crippen molar-refractivity contribution in [2.24, 2.45) is 0 Å². The number of ether oxygens (including phenoxy) is 1. The van der Waals surface area contributed by atoms with E-state index in [1.807, 2.05) is 35.2 Å². The van der Waals surface area contributed by atoms with Crippen LogP contribution in [0.4, 0.5) is 4.79 Å². The molecule has 0 aliphatic carbocycles. The van der Waals surface area contributed by atoms with E-state index in [1.54, 1.807) is 0 Å². The minimum absolute atomic E-state index is 0.0470. The van der Waals surface area contributed by atoms with Crippen LogP contribution in [0.5, 0.6) is 0 Å². The van der Waals surface area contributed by atoms with Gasteiger partial charge in [0, 0.05) is 45.3 Å². The highest BCUT2D eigenvalue weighted by Gasteiger charge is 2.25. The van der Waals surface area contributed by atoms with E-state index in [0.29, 0.717) is 6.54 Å². The average Bonchev–Trinajstić information content (AvgIpc) is 2.69. The molecule has 1 aromatic rings. The molecule has 0 spiro atoms. The molecule has 0 aromatic heterocycles. The lowest BCUT2D eigenvalue weighted by Crippen LogP contribution is -2.54. The minimum Gasteiger partial charge on any atom is -0.379 e. The van der Waals surface area contributed by atoms with Gasteiger partial charge in [-0.15, -0.1) is 0 Å². The third-order valence-corrected chi connectivity index (χ3v) is 5.02. The Kier molecular flexibility index (Phi) is 7.09. The molecule has 6 nitrogen and oxygen atoms in total. The summed E-state index contributed by atoms with van der Waals surface area (Å²) in [6.45, 7) is 7.72. The Morgan fingerprint density at radius 2 is 2.08 bits per heavy atom. The van der Waals surface area contributed by atoms with Gasteiger partial charge in [0.25, 0.3) is 0 Å². The molecule has 1 atom stereocenters. The molecular formula is C19H30N4O2. The minimum atomic E-state index is 0.0470. The number of hydrogen-bond donors (Lipinski definition) is 2. The first-order valence-electron chi connectivity index (χ1n) is 9.42. The van der Waals surface area contributed by atoms with Crippen molar-refractivity contribution in [3.8, 4) is 0 Å². The summed E-state index contributed by atoms with van der Waals surface area (Å²) in [7, 11) is 0. The lowest BCUT2D eigenvalue weighted by atomic mass is 10.1. The molecule has 2 amide bonds. The first kappa shape index (κ1) is 18.2. The maximum atomic E-state index is 12.8. The molecule has 2 saturated heterocycles. The summed E-state index contributed by atoms with van der Waals surface area (Å²) in [6.07, 6.45) is 2.21. The Bertz CT molecular complexity index is 513. The molecule has 6 heteroatoms. The molecule has 2 N–H and O–H groups in total. The van der Waals surface area contributed by atoms with Gasteiger partial charge in [0.2, 0.25) is 0 Å². The Balaban J connectivity index is 1.55. The van der Waals surface area contributed by atoms with Gasteiger partial charge in [-0.25, -0.2) is 4.79 Å². The maximum absolute atomic E-state index is 12.8. The van der Waals surface area contributed by atoms with E-state index in [0.717, 1.165) is 70.9 Å². The summed E-state index contributed by atoms with van der Waals surface area (Å²) in [5.41, 5.74) is 1.13. The van der Waals surface area contributed by atoms with Crippen LogP contribution in [0.15, 0.2) is 30.3 Å². The van der Waals surface area contributed by atoms with Crippen molar-refractivity contribution >= 4 is 6.03 Å². The highest BCUT2D eigenvalue weighted by atomic mass is 16.5. The van der Waals surface area contributed by atoms with Crippen LogP contribution in [0.2, 0.25) is 0 Å².